The van der Waals surface area contributed by atoms with Gasteiger partial charge in [-0.1, -0.05) is 6.42 Å². The summed E-state index contributed by atoms with van der Waals surface area (Å²) in [4.78, 5) is 0. The maximum absolute atomic E-state index is 5.84. The minimum absolute atomic E-state index is 0. The Morgan fingerprint density at radius 2 is 1.67 bits per heavy atom. The van der Waals surface area contributed by atoms with Gasteiger partial charge in [-0.15, -0.1) is 12.1 Å². The van der Waals surface area contributed by atoms with Crippen LogP contribution in [0.25, 0.3) is 0 Å². The van der Waals surface area contributed by atoms with Crippen LogP contribution < -0.4 is 17.1 Å². The van der Waals surface area contributed by atoms with Crippen LogP contribution in [0.4, 0.5) is 0 Å². The minimum atomic E-state index is 0. The van der Waals surface area contributed by atoms with E-state index in [1.54, 1.807) is 0 Å². The molecule has 1 saturated carbocycles. The van der Waals surface area contributed by atoms with Crippen LogP contribution in [0.5, 0.6) is 5.75 Å². The van der Waals surface area contributed by atoms with E-state index in [1.807, 2.05) is 24.3 Å². The fourth-order valence-corrected chi connectivity index (χ4v) is 1.83. The van der Waals surface area contributed by atoms with Crippen LogP contribution in [0.3, 0.4) is 0 Å². The summed E-state index contributed by atoms with van der Waals surface area (Å²) in [5.41, 5.74) is 0. The summed E-state index contributed by atoms with van der Waals surface area (Å²) in [5, 5.41) is 0. The second kappa shape index (κ2) is 8.25. The average Bonchev–Trinajstić information content (AvgIpc) is 2.21. The van der Waals surface area contributed by atoms with Gasteiger partial charge < -0.3 is 17.1 Å². The van der Waals surface area contributed by atoms with Crippen molar-refractivity contribution in [1.82, 2.24) is 0 Å². The Morgan fingerprint density at radius 3 is 2.27 bits per heavy atom. The Balaban J connectivity index is 0.000000980. The first-order valence-corrected chi connectivity index (χ1v) is 5.08. The summed E-state index contributed by atoms with van der Waals surface area (Å²) < 4.78 is 5.84. The molecule has 0 bridgehead atoms. The largest absolute Gasteiger partial charge is 2.00 e. The molecular weight excluding hydrogens is 220 g/mol. The molecule has 0 radical (unpaired) electrons. The third-order valence-electron chi connectivity index (χ3n) is 2.54. The second-order valence-electron chi connectivity index (χ2n) is 3.61. The number of hydrogen-bond acceptors (Lipinski definition) is 1. The van der Waals surface area contributed by atoms with Crippen LogP contribution in [0.2, 0.25) is 0 Å². The molecule has 1 aliphatic carbocycles. The Kier molecular flexibility index (Phi) is 8.30. The zero-order valence-corrected chi connectivity index (χ0v) is 11.1. The van der Waals surface area contributed by atoms with Crippen molar-refractivity contribution in [3.05, 3.63) is 30.3 Å². The fraction of sp³-hybridized carbons (Fsp3) is 0.500. The number of benzene rings is 1. The van der Waals surface area contributed by atoms with Gasteiger partial charge in [-0.25, -0.2) is 0 Å². The van der Waals surface area contributed by atoms with E-state index in [1.165, 1.54) is 32.1 Å². The first-order chi connectivity index (χ1) is 6.45. The van der Waals surface area contributed by atoms with Gasteiger partial charge in [0, 0.05) is 5.75 Å². The normalized spacial score (nSPS) is 16.0. The summed E-state index contributed by atoms with van der Waals surface area (Å²) in [6.45, 7) is 0. The molecule has 1 aromatic carbocycles. The summed E-state index contributed by atoms with van der Waals surface area (Å²) in [6, 6.07) is 10.8. The van der Waals surface area contributed by atoms with Crippen molar-refractivity contribution in [3.63, 3.8) is 0 Å². The second-order valence-corrected chi connectivity index (χ2v) is 3.61. The van der Waals surface area contributed by atoms with E-state index >= 15 is 0 Å². The van der Waals surface area contributed by atoms with E-state index in [0.29, 0.717) is 6.10 Å². The molecule has 0 aliphatic heterocycles. The molecule has 0 heterocycles. The summed E-state index contributed by atoms with van der Waals surface area (Å²) in [6.07, 6.45) is 6.92. The fourth-order valence-electron chi connectivity index (χ4n) is 1.83. The topological polar surface area (TPSA) is 9.23 Å². The summed E-state index contributed by atoms with van der Waals surface area (Å²) in [7, 11) is 0. The quantitative estimate of drug-likeness (QED) is 0.510. The third-order valence-corrected chi connectivity index (χ3v) is 2.54. The molecule has 0 saturated heterocycles. The van der Waals surface area contributed by atoms with Crippen LogP contribution in [-0.2, 0) is 0 Å². The molecule has 78 valence electrons. The van der Waals surface area contributed by atoms with Gasteiger partial charge in [0.05, 0.1) is 6.10 Å². The molecule has 0 atom stereocenters. The van der Waals surface area contributed by atoms with E-state index in [0.717, 1.165) is 5.75 Å². The van der Waals surface area contributed by atoms with Crippen molar-refractivity contribution in [2.24, 2.45) is 0 Å². The average molecular weight is 235 g/mol. The molecule has 3 heteroatoms. The number of hydrogen-bond donors (Lipinski definition) is 0. The predicted octanol–water partition coefficient (Wildman–Crippen LogP) is -0.179. The van der Waals surface area contributed by atoms with Crippen LogP contribution in [0.15, 0.2) is 24.3 Å². The maximum atomic E-state index is 5.84. The molecule has 1 aromatic rings. The Labute approximate surface area is 114 Å². The van der Waals surface area contributed by atoms with Crippen molar-refractivity contribution in [1.29, 1.82) is 0 Å². The van der Waals surface area contributed by atoms with E-state index < -0.39 is 0 Å². The molecule has 2 rings (SSSR count). The molecule has 0 aromatic heterocycles. The van der Waals surface area contributed by atoms with Crippen LogP contribution >= 0.6 is 0 Å². The van der Waals surface area contributed by atoms with Gasteiger partial charge in [0.15, 0.2) is 0 Å². The first-order valence-electron chi connectivity index (χ1n) is 5.08. The Bertz CT molecular complexity index is 247. The van der Waals surface area contributed by atoms with Gasteiger partial charge in [-0.2, -0.15) is 18.2 Å². The maximum Gasteiger partial charge on any atom is 2.00 e. The zero-order valence-electron chi connectivity index (χ0n) is 8.92. The predicted molar refractivity (Wildman–Crippen MR) is 58.5 cm³/mol. The molecule has 0 amide bonds. The minimum Gasteiger partial charge on any atom is -1.00 e. The summed E-state index contributed by atoms with van der Waals surface area (Å²) in [5.74, 6) is 0.991. The first kappa shape index (κ1) is 15.1. The molecule has 1 fully saturated rings. The van der Waals surface area contributed by atoms with Crippen molar-refractivity contribution >= 4 is 23.1 Å². The molecule has 1 aliphatic rings. The molecular formula is C12H15ClMgO. The van der Waals surface area contributed by atoms with Gasteiger partial charge in [-0.3, -0.25) is 0 Å². The third kappa shape index (κ3) is 5.09. The van der Waals surface area contributed by atoms with Crippen LogP contribution in [-0.4, -0.2) is 29.2 Å². The van der Waals surface area contributed by atoms with E-state index in [-0.39, 0.29) is 35.5 Å². The number of rotatable bonds is 2. The zero-order chi connectivity index (χ0) is 8.93. The van der Waals surface area contributed by atoms with Crippen molar-refractivity contribution in [3.8, 4) is 5.75 Å². The molecule has 0 unspecified atom stereocenters. The Hall–Kier alpha value is 0.0762. The SMILES string of the molecule is [Cl-].[Mg+2].[c-]1ccc(OC2CCCCC2)cc1. The van der Waals surface area contributed by atoms with Crippen LogP contribution in [0, 0.1) is 6.07 Å². The van der Waals surface area contributed by atoms with Crippen LogP contribution in [0.1, 0.15) is 32.1 Å². The van der Waals surface area contributed by atoms with E-state index in [2.05, 4.69) is 6.07 Å². The van der Waals surface area contributed by atoms with Gasteiger partial charge in [0.25, 0.3) is 0 Å². The Morgan fingerprint density at radius 1 is 1.07 bits per heavy atom. The molecule has 15 heavy (non-hydrogen) atoms. The standard InChI is InChI=1S/C12H15O.ClH.Mg/c1-3-7-11(8-4-1)13-12-9-5-2-6-10-12;;/h5-6,9-11H,1,3-4,7-8H2;1H;/q-1;;+2/p-1. The van der Waals surface area contributed by atoms with Crippen molar-refractivity contribution in [2.75, 3.05) is 0 Å². The van der Waals surface area contributed by atoms with E-state index in [9.17, 15) is 0 Å². The van der Waals surface area contributed by atoms with E-state index in [4.69, 9.17) is 4.74 Å². The van der Waals surface area contributed by atoms with Gasteiger partial charge in [0.2, 0.25) is 0 Å². The number of halogens is 1. The van der Waals surface area contributed by atoms with Gasteiger partial charge in [0.1, 0.15) is 0 Å². The summed E-state index contributed by atoms with van der Waals surface area (Å²) >= 11 is 0. The van der Waals surface area contributed by atoms with Gasteiger partial charge >= 0.3 is 23.1 Å². The van der Waals surface area contributed by atoms with Crippen molar-refractivity contribution < 1.29 is 17.1 Å². The van der Waals surface area contributed by atoms with Gasteiger partial charge in [-0.05, 0) is 25.7 Å². The van der Waals surface area contributed by atoms with Crippen molar-refractivity contribution in [2.45, 2.75) is 38.2 Å². The molecule has 0 spiro atoms. The monoisotopic (exact) mass is 234 g/mol. The smallest absolute Gasteiger partial charge is 1.00 e. The molecule has 0 N–H and O–H groups in total. The molecule has 1 nitrogen and oxygen atoms in total. The number of ether oxygens (including phenoxy) is 1.